The molecule has 0 saturated heterocycles. The molecule has 0 fully saturated rings. The largest absolute Gasteiger partial charge is 0.300 e. The summed E-state index contributed by atoms with van der Waals surface area (Å²) in [6.07, 6.45) is 3.49. The van der Waals surface area contributed by atoms with Gasteiger partial charge in [-0.2, -0.15) is 0 Å². The smallest absolute Gasteiger partial charge is 0.132 e. The minimum absolute atomic E-state index is 0.381. The number of benzene rings is 1. The third-order valence-electron chi connectivity index (χ3n) is 3.32. The average Bonchev–Trinajstić information content (AvgIpc) is 2.41. The van der Waals surface area contributed by atoms with Crippen molar-refractivity contribution in [2.75, 3.05) is 5.75 Å². The first-order chi connectivity index (χ1) is 8.71. The van der Waals surface area contributed by atoms with Crippen molar-refractivity contribution >= 4 is 17.5 Å². The molecule has 0 N–H and O–H groups in total. The molecule has 100 valence electrons. The molecule has 0 spiro atoms. The lowest BCUT2D eigenvalue weighted by atomic mass is 9.91. The average molecular weight is 264 g/mol. The summed E-state index contributed by atoms with van der Waals surface area (Å²) >= 11 is 1.87. The lowest BCUT2D eigenvalue weighted by Gasteiger charge is -2.15. The highest BCUT2D eigenvalue weighted by molar-refractivity contribution is 7.99. The van der Waals surface area contributed by atoms with Crippen LogP contribution >= 0.6 is 11.8 Å². The van der Waals surface area contributed by atoms with Gasteiger partial charge in [0.2, 0.25) is 0 Å². The van der Waals surface area contributed by atoms with Crippen molar-refractivity contribution in [2.24, 2.45) is 0 Å². The van der Waals surface area contributed by atoms with E-state index in [0.717, 1.165) is 25.0 Å². The van der Waals surface area contributed by atoms with E-state index in [-0.39, 0.29) is 0 Å². The Hall–Kier alpha value is -0.760. The van der Waals surface area contributed by atoms with E-state index in [1.54, 1.807) is 0 Å². The summed E-state index contributed by atoms with van der Waals surface area (Å²) in [6, 6.07) is 8.85. The normalized spacial score (nSPS) is 12.4. The lowest BCUT2D eigenvalue weighted by Crippen LogP contribution is -2.02. The zero-order valence-corrected chi connectivity index (χ0v) is 12.6. The van der Waals surface area contributed by atoms with E-state index in [0.29, 0.717) is 18.1 Å². The monoisotopic (exact) mass is 264 g/mol. The van der Waals surface area contributed by atoms with E-state index >= 15 is 0 Å². The Bertz CT molecular complexity index is 356. The molecule has 0 amide bonds. The molecule has 0 saturated carbocycles. The van der Waals surface area contributed by atoms with Gasteiger partial charge >= 0.3 is 0 Å². The topological polar surface area (TPSA) is 17.1 Å². The fraction of sp³-hybridized carbons (Fsp3) is 0.562. The van der Waals surface area contributed by atoms with Crippen molar-refractivity contribution in [2.45, 2.75) is 57.3 Å². The summed E-state index contributed by atoms with van der Waals surface area (Å²) in [5.41, 5.74) is 1.38. The van der Waals surface area contributed by atoms with E-state index in [2.05, 4.69) is 38.1 Å². The van der Waals surface area contributed by atoms with Crippen molar-refractivity contribution in [1.82, 2.24) is 0 Å². The molecule has 1 aromatic carbocycles. The van der Waals surface area contributed by atoms with Crippen molar-refractivity contribution < 1.29 is 4.79 Å². The van der Waals surface area contributed by atoms with Gasteiger partial charge in [0.1, 0.15) is 5.78 Å². The van der Waals surface area contributed by atoms with Crippen LogP contribution in [0.25, 0.3) is 0 Å². The maximum Gasteiger partial charge on any atom is 0.132 e. The summed E-state index contributed by atoms with van der Waals surface area (Å²) in [4.78, 5) is 12.7. The van der Waals surface area contributed by atoms with E-state index in [4.69, 9.17) is 0 Å². The summed E-state index contributed by atoms with van der Waals surface area (Å²) < 4.78 is 0. The predicted octanol–water partition coefficient (Wildman–Crippen LogP) is 5.05. The van der Waals surface area contributed by atoms with Gasteiger partial charge in [0.05, 0.1) is 0 Å². The molecule has 0 radical (unpaired) electrons. The first-order valence-corrected chi connectivity index (χ1v) is 7.94. The maximum absolute atomic E-state index is 11.4. The lowest BCUT2D eigenvalue weighted by molar-refractivity contribution is -0.118. The van der Waals surface area contributed by atoms with Crippen LogP contribution in [-0.4, -0.2) is 11.5 Å². The third kappa shape index (κ3) is 4.85. The molecule has 1 nitrogen and oxygen atoms in total. The second-order valence-electron chi connectivity index (χ2n) is 4.54. The van der Waals surface area contributed by atoms with Crippen LogP contribution in [0.1, 0.15) is 57.9 Å². The van der Waals surface area contributed by atoms with Crippen LogP contribution in [-0.2, 0) is 4.79 Å². The van der Waals surface area contributed by atoms with Crippen LogP contribution in [0.5, 0.6) is 0 Å². The molecular weight excluding hydrogens is 240 g/mol. The van der Waals surface area contributed by atoms with Crippen LogP contribution in [0.3, 0.4) is 0 Å². The Morgan fingerprint density at radius 2 is 1.83 bits per heavy atom. The highest BCUT2D eigenvalue weighted by atomic mass is 32.2. The Kier molecular flexibility index (Phi) is 7.11. The van der Waals surface area contributed by atoms with Gasteiger partial charge in [0.25, 0.3) is 0 Å². The van der Waals surface area contributed by atoms with Gasteiger partial charge in [-0.25, -0.2) is 0 Å². The zero-order valence-electron chi connectivity index (χ0n) is 11.7. The zero-order chi connectivity index (χ0) is 13.4. The van der Waals surface area contributed by atoms with E-state index in [9.17, 15) is 4.79 Å². The molecule has 0 aliphatic carbocycles. The molecule has 18 heavy (non-hydrogen) atoms. The standard InChI is InChI=1S/C16H24OS/c1-4-13(7-10-15(17)5-2)14-8-11-16(12-9-14)18-6-3/h8-9,11-13H,4-7,10H2,1-3H3. The van der Waals surface area contributed by atoms with Gasteiger partial charge < -0.3 is 0 Å². The molecule has 2 heteroatoms. The highest BCUT2D eigenvalue weighted by Gasteiger charge is 2.11. The number of thioether (sulfide) groups is 1. The summed E-state index contributed by atoms with van der Waals surface area (Å²) in [5.74, 6) is 2.02. The highest BCUT2D eigenvalue weighted by Crippen LogP contribution is 2.27. The van der Waals surface area contributed by atoms with Crippen molar-refractivity contribution in [3.05, 3.63) is 29.8 Å². The summed E-state index contributed by atoms with van der Waals surface area (Å²) in [5, 5.41) is 0. The van der Waals surface area contributed by atoms with Gasteiger partial charge in [-0.1, -0.05) is 32.9 Å². The summed E-state index contributed by atoms with van der Waals surface area (Å²) in [6.45, 7) is 6.32. The first kappa shape index (κ1) is 15.3. The first-order valence-electron chi connectivity index (χ1n) is 6.95. The molecule has 1 unspecified atom stereocenters. The predicted molar refractivity (Wildman–Crippen MR) is 80.4 cm³/mol. The van der Waals surface area contributed by atoms with Crippen LogP contribution < -0.4 is 0 Å². The molecule has 0 heterocycles. The molecular formula is C16H24OS. The molecule has 1 rings (SSSR count). The van der Waals surface area contributed by atoms with Gasteiger partial charge in [0, 0.05) is 17.7 Å². The van der Waals surface area contributed by atoms with Crippen LogP contribution in [0.15, 0.2) is 29.2 Å². The number of carbonyl (C=O) groups is 1. The van der Waals surface area contributed by atoms with Gasteiger partial charge in [-0.3, -0.25) is 4.79 Å². The number of ketones is 1. The number of carbonyl (C=O) groups excluding carboxylic acids is 1. The Morgan fingerprint density at radius 3 is 2.33 bits per heavy atom. The second-order valence-corrected chi connectivity index (χ2v) is 5.88. The molecule has 0 aliphatic heterocycles. The fourth-order valence-corrected chi connectivity index (χ4v) is 2.78. The maximum atomic E-state index is 11.4. The third-order valence-corrected chi connectivity index (χ3v) is 4.22. The van der Waals surface area contributed by atoms with E-state index < -0.39 is 0 Å². The fourth-order valence-electron chi connectivity index (χ4n) is 2.12. The van der Waals surface area contributed by atoms with Crippen LogP contribution in [0.4, 0.5) is 0 Å². The minimum atomic E-state index is 0.381. The number of rotatable bonds is 8. The SMILES string of the molecule is CCSc1ccc(C(CC)CCC(=O)CC)cc1. The molecule has 1 aromatic rings. The number of hydrogen-bond donors (Lipinski definition) is 0. The van der Waals surface area contributed by atoms with Gasteiger partial charge in [-0.05, 0) is 42.2 Å². The van der Waals surface area contributed by atoms with Gasteiger partial charge in [-0.15, -0.1) is 11.8 Å². The van der Waals surface area contributed by atoms with E-state index in [1.807, 2.05) is 18.7 Å². The molecule has 0 bridgehead atoms. The minimum Gasteiger partial charge on any atom is -0.300 e. The number of hydrogen-bond acceptors (Lipinski definition) is 2. The van der Waals surface area contributed by atoms with Crippen molar-refractivity contribution in [3.8, 4) is 0 Å². The Balaban J connectivity index is 2.61. The van der Waals surface area contributed by atoms with Gasteiger partial charge in [0.15, 0.2) is 0 Å². The van der Waals surface area contributed by atoms with Crippen LogP contribution in [0, 0.1) is 0 Å². The Morgan fingerprint density at radius 1 is 1.17 bits per heavy atom. The molecule has 0 aromatic heterocycles. The summed E-state index contributed by atoms with van der Waals surface area (Å²) in [7, 11) is 0. The van der Waals surface area contributed by atoms with E-state index in [1.165, 1.54) is 10.5 Å². The number of Topliss-reactive ketones (excluding diaryl/α,β-unsaturated/α-hetero) is 1. The van der Waals surface area contributed by atoms with Crippen LogP contribution in [0.2, 0.25) is 0 Å². The Labute approximate surface area is 115 Å². The molecule has 0 aliphatic rings. The second kappa shape index (κ2) is 8.36. The quantitative estimate of drug-likeness (QED) is 0.611. The molecule has 1 atom stereocenters. The van der Waals surface area contributed by atoms with Crippen molar-refractivity contribution in [1.29, 1.82) is 0 Å². The van der Waals surface area contributed by atoms with Crippen molar-refractivity contribution in [3.63, 3.8) is 0 Å².